The molecule has 2 rings (SSSR count). The molecule has 2 aromatic rings. The maximum atomic E-state index is 13.2. The van der Waals surface area contributed by atoms with Gasteiger partial charge in [-0.2, -0.15) is 0 Å². The molecule has 1 unspecified atom stereocenters. The molecule has 0 radical (unpaired) electrons. The number of benzene rings is 2. The second kappa shape index (κ2) is 6.77. The Morgan fingerprint density at radius 2 is 1.62 bits per heavy atom. The third kappa shape index (κ3) is 3.39. The van der Waals surface area contributed by atoms with E-state index >= 15 is 0 Å². The van der Waals surface area contributed by atoms with Gasteiger partial charge in [-0.1, -0.05) is 22.0 Å². The van der Waals surface area contributed by atoms with Crippen molar-refractivity contribution in [2.45, 2.75) is 6.10 Å². The first-order valence-electron chi connectivity index (χ1n) is 6.02. The van der Waals surface area contributed by atoms with Gasteiger partial charge in [0.2, 0.25) is 0 Å². The van der Waals surface area contributed by atoms with Crippen molar-refractivity contribution in [1.29, 1.82) is 0 Å². The van der Waals surface area contributed by atoms with E-state index in [1.54, 1.807) is 12.1 Å². The number of aliphatic hydroxyl groups excluding tert-OH is 1. The highest BCUT2D eigenvalue weighted by Gasteiger charge is 2.20. The Hall–Kier alpha value is -1.11. The second-order valence-corrected chi connectivity index (χ2v) is 6.01. The van der Waals surface area contributed by atoms with Gasteiger partial charge in [-0.15, -0.1) is 0 Å². The number of hydrogen-bond donors (Lipinski definition) is 1. The van der Waals surface area contributed by atoms with Crippen molar-refractivity contribution < 1.29 is 19.0 Å². The topological polar surface area (TPSA) is 38.7 Å². The van der Waals surface area contributed by atoms with Gasteiger partial charge < -0.3 is 14.6 Å². The standard InChI is InChI=1S/C15H13Br2FO3/c1-20-13-7-12(17)14(21-2)6-10(13)15(19)9-4-3-8(18)5-11(9)16/h3-7,15,19H,1-2H3. The largest absolute Gasteiger partial charge is 0.496 e. The van der Waals surface area contributed by atoms with Crippen LogP contribution in [0.3, 0.4) is 0 Å². The fraction of sp³-hybridized carbons (Fsp3) is 0.200. The molecule has 0 aliphatic carbocycles. The molecular formula is C15H13Br2FO3. The number of aliphatic hydroxyl groups is 1. The van der Waals surface area contributed by atoms with Crippen molar-refractivity contribution in [3.8, 4) is 11.5 Å². The summed E-state index contributed by atoms with van der Waals surface area (Å²) < 4.78 is 24.9. The lowest BCUT2D eigenvalue weighted by Crippen LogP contribution is -2.04. The summed E-state index contributed by atoms with van der Waals surface area (Å²) in [4.78, 5) is 0. The van der Waals surface area contributed by atoms with E-state index in [-0.39, 0.29) is 5.82 Å². The minimum Gasteiger partial charge on any atom is -0.496 e. The van der Waals surface area contributed by atoms with E-state index in [0.717, 1.165) is 4.47 Å². The summed E-state index contributed by atoms with van der Waals surface area (Å²) in [5.74, 6) is 0.702. The van der Waals surface area contributed by atoms with Crippen LogP contribution in [-0.4, -0.2) is 19.3 Å². The van der Waals surface area contributed by atoms with Crippen LogP contribution >= 0.6 is 31.9 Å². The van der Waals surface area contributed by atoms with Gasteiger partial charge in [0.15, 0.2) is 0 Å². The van der Waals surface area contributed by atoms with Crippen LogP contribution in [-0.2, 0) is 0 Å². The van der Waals surface area contributed by atoms with Crippen LogP contribution in [0.1, 0.15) is 17.2 Å². The maximum Gasteiger partial charge on any atom is 0.133 e. The minimum atomic E-state index is -0.975. The molecule has 0 aromatic heterocycles. The molecule has 0 amide bonds. The van der Waals surface area contributed by atoms with E-state index in [1.807, 2.05) is 0 Å². The summed E-state index contributed by atoms with van der Waals surface area (Å²) in [7, 11) is 3.06. The summed E-state index contributed by atoms with van der Waals surface area (Å²) in [6.07, 6.45) is -0.975. The Morgan fingerprint density at radius 1 is 0.952 bits per heavy atom. The van der Waals surface area contributed by atoms with Crippen LogP contribution < -0.4 is 9.47 Å². The molecular weight excluding hydrogens is 407 g/mol. The van der Waals surface area contributed by atoms with Gasteiger partial charge in [0.25, 0.3) is 0 Å². The molecule has 6 heteroatoms. The van der Waals surface area contributed by atoms with Gasteiger partial charge in [-0.05, 0) is 45.8 Å². The molecule has 0 aliphatic rings. The highest BCUT2D eigenvalue weighted by Crippen LogP contribution is 2.39. The average molecular weight is 420 g/mol. The predicted octanol–water partition coefficient (Wildman–Crippen LogP) is 4.45. The summed E-state index contributed by atoms with van der Waals surface area (Å²) in [5.41, 5.74) is 1.07. The highest BCUT2D eigenvalue weighted by molar-refractivity contribution is 9.10. The lowest BCUT2D eigenvalue weighted by atomic mass is 10.0. The van der Waals surface area contributed by atoms with Crippen LogP contribution in [0.4, 0.5) is 4.39 Å². The van der Waals surface area contributed by atoms with E-state index in [9.17, 15) is 9.50 Å². The summed E-state index contributed by atoms with van der Waals surface area (Å²) in [6.45, 7) is 0. The Bertz CT molecular complexity index is 662. The first-order valence-corrected chi connectivity index (χ1v) is 7.61. The van der Waals surface area contributed by atoms with Gasteiger partial charge in [-0.25, -0.2) is 4.39 Å². The van der Waals surface area contributed by atoms with Crippen molar-refractivity contribution in [3.63, 3.8) is 0 Å². The van der Waals surface area contributed by atoms with Gasteiger partial charge >= 0.3 is 0 Å². The number of methoxy groups -OCH3 is 2. The first kappa shape index (κ1) is 16.3. The van der Waals surface area contributed by atoms with Crippen molar-refractivity contribution in [3.05, 3.63) is 56.2 Å². The van der Waals surface area contributed by atoms with E-state index in [4.69, 9.17) is 9.47 Å². The molecule has 0 saturated heterocycles. The first-order chi connectivity index (χ1) is 9.97. The zero-order valence-electron chi connectivity index (χ0n) is 11.4. The molecule has 0 bridgehead atoms. The molecule has 0 fully saturated rings. The quantitative estimate of drug-likeness (QED) is 0.795. The number of ether oxygens (including phenoxy) is 2. The number of hydrogen-bond acceptors (Lipinski definition) is 3. The van der Waals surface area contributed by atoms with Crippen LogP contribution in [0, 0.1) is 5.82 Å². The Balaban J connectivity index is 2.53. The fourth-order valence-corrected chi connectivity index (χ4v) is 3.04. The highest BCUT2D eigenvalue weighted by atomic mass is 79.9. The van der Waals surface area contributed by atoms with Gasteiger partial charge in [0, 0.05) is 10.0 Å². The minimum absolute atomic E-state index is 0.377. The Morgan fingerprint density at radius 3 is 2.19 bits per heavy atom. The maximum absolute atomic E-state index is 13.2. The van der Waals surface area contributed by atoms with Gasteiger partial charge in [0.1, 0.15) is 23.4 Å². The molecule has 0 heterocycles. The molecule has 0 aliphatic heterocycles. The van der Waals surface area contributed by atoms with E-state index in [2.05, 4.69) is 31.9 Å². The average Bonchev–Trinajstić information content (AvgIpc) is 2.46. The summed E-state index contributed by atoms with van der Waals surface area (Å²) >= 11 is 6.63. The van der Waals surface area contributed by atoms with Gasteiger partial charge in [0.05, 0.1) is 18.7 Å². The number of halogens is 3. The smallest absolute Gasteiger partial charge is 0.133 e. The molecule has 112 valence electrons. The van der Waals surface area contributed by atoms with Crippen molar-refractivity contribution in [1.82, 2.24) is 0 Å². The van der Waals surface area contributed by atoms with Crippen LogP contribution in [0.15, 0.2) is 39.3 Å². The fourth-order valence-electron chi connectivity index (χ4n) is 1.99. The Labute approximate surface area is 139 Å². The van der Waals surface area contributed by atoms with Crippen LogP contribution in [0.25, 0.3) is 0 Å². The molecule has 1 atom stereocenters. The molecule has 1 N–H and O–H groups in total. The molecule has 0 saturated carbocycles. The van der Waals surface area contributed by atoms with Crippen molar-refractivity contribution >= 4 is 31.9 Å². The summed E-state index contributed by atoms with van der Waals surface area (Å²) in [5, 5.41) is 10.6. The van der Waals surface area contributed by atoms with E-state index in [1.165, 1.54) is 32.4 Å². The lowest BCUT2D eigenvalue weighted by Gasteiger charge is -2.18. The van der Waals surface area contributed by atoms with E-state index in [0.29, 0.717) is 27.1 Å². The molecule has 0 spiro atoms. The predicted molar refractivity (Wildman–Crippen MR) is 85.4 cm³/mol. The monoisotopic (exact) mass is 418 g/mol. The van der Waals surface area contributed by atoms with E-state index < -0.39 is 6.10 Å². The zero-order valence-corrected chi connectivity index (χ0v) is 14.5. The summed E-state index contributed by atoms with van der Waals surface area (Å²) in [6, 6.07) is 7.53. The third-order valence-electron chi connectivity index (χ3n) is 3.06. The van der Waals surface area contributed by atoms with Gasteiger partial charge in [-0.3, -0.25) is 0 Å². The molecule has 2 aromatic carbocycles. The normalized spacial score (nSPS) is 12.1. The molecule has 21 heavy (non-hydrogen) atoms. The second-order valence-electron chi connectivity index (χ2n) is 4.30. The SMILES string of the molecule is COc1cc(C(O)c2ccc(F)cc2Br)c(OC)cc1Br. The van der Waals surface area contributed by atoms with Crippen molar-refractivity contribution in [2.75, 3.05) is 14.2 Å². The zero-order chi connectivity index (χ0) is 15.6. The third-order valence-corrected chi connectivity index (χ3v) is 4.36. The van der Waals surface area contributed by atoms with Crippen molar-refractivity contribution in [2.24, 2.45) is 0 Å². The lowest BCUT2D eigenvalue weighted by molar-refractivity contribution is 0.213. The van der Waals surface area contributed by atoms with Crippen LogP contribution in [0.2, 0.25) is 0 Å². The van der Waals surface area contributed by atoms with Crippen LogP contribution in [0.5, 0.6) is 11.5 Å². The Kier molecular flexibility index (Phi) is 5.24. The molecule has 3 nitrogen and oxygen atoms in total. The number of rotatable bonds is 4.